The summed E-state index contributed by atoms with van der Waals surface area (Å²) in [5, 5.41) is 11.1. The maximum absolute atomic E-state index is 12.8. The van der Waals surface area contributed by atoms with Crippen LogP contribution >= 0.6 is 0 Å². The third-order valence-electron chi connectivity index (χ3n) is 1.38. The highest BCUT2D eigenvalue weighted by molar-refractivity contribution is 5.57. The Hall–Kier alpha value is -1.56. The highest BCUT2D eigenvalue weighted by atomic mass is 19.1. The topological polar surface area (TPSA) is 35.8 Å². The maximum atomic E-state index is 12.8. The summed E-state index contributed by atoms with van der Waals surface area (Å²) < 4.78 is 12.8. The SMILES string of the molecule is CNc1c(F)cccc1C#N. The molecule has 0 aliphatic carbocycles. The molecule has 3 heteroatoms. The lowest BCUT2D eigenvalue weighted by Crippen LogP contribution is -1.95. The second-order valence-electron chi connectivity index (χ2n) is 2.02. The van der Waals surface area contributed by atoms with Gasteiger partial charge in [0.1, 0.15) is 11.9 Å². The summed E-state index contributed by atoms with van der Waals surface area (Å²) >= 11 is 0. The minimum atomic E-state index is -0.397. The first kappa shape index (κ1) is 7.55. The van der Waals surface area contributed by atoms with E-state index in [-0.39, 0.29) is 5.69 Å². The van der Waals surface area contributed by atoms with Gasteiger partial charge in [0, 0.05) is 7.05 Å². The molecule has 0 aromatic heterocycles. The molecule has 0 aliphatic rings. The molecule has 0 heterocycles. The molecule has 0 unspecified atom stereocenters. The highest BCUT2D eigenvalue weighted by Gasteiger charge is 2.03. The zero-order valence-electron chi connectivity index (χ0n) is 6.06. The summed E-state index contributed by atoms with van der Waals surface area (Å²) in [6, 6.07) is 6.27. The first-order valence-electron chi connectivity index (χ1n) is 3.16. The van der Waals surface area contributed by atoms with Crippen molar-refractivity contribution in [2.45, 2.75) is 0 Å². The average molecular weight is 150 g/mol. The van der Waals surface area contributed by atoms with Crippen LogP contribution in [0.3, 0.4) is 0 Å². The summed E-state index contributed by atoms with van der Waals surface area (Å²) in [6.07, 6.45) is 0. The van der Waals surface area contributed by atoms with Crippen molar-refractivity contribution in [2.75, 3.05) is 12.4 Å². The molecule has 0 aliphatic heterocycles. The van der Waals surface area contributed by atoms with E-state index in [1.807, 2.05) is 6.07 Å². The van der Waals surface area contributed by atoms with Crippen LogP contribution in [-0.2, 0) is 0 Å². The predicted octanol–water partition coefficient (Wildman–Crippen LogP) is 1.74. The fraction of sp³-hybridized carbons (Fsp3) is 0.125. The number of nitrogens with zero attached hydrogens (tertiary/aromatic N) is 1. The first-order chi connectivity index (χ1) is 5.29. The maximum Gasteiger partial charge on any atom is 0.147 e. The lowest BCUT2D eigenvalue weighted by atomic mass is 10.2. The molecule has 2 nitrogen and oxygen atoms in total. The van der Waals surface area contributed by atoms with Crippen LogP contribution in [0, 0.1) is 17.1 Å². The van der Waals surface area contributed by atoms with Gasteiger partial charge in [-0.3, -0.25) is 0 Å². The second-order valence-corrected chi connectivity index (χ2v) is 2.02. The van der Waals surface area contributed by atoms with Gasteiger partial charge in [0.25, 0.3) is 0 Å². The average Bonchev–Trinajstić information content (AvgIpc) is 2.04. The van der Waals surface area contributed by atoms with Crippen LogP contribution in [0.15, 0.2) is 18.2 Å². The van der Waals surface area contributed by atoms with Crippen LogP contribution in [-0.4, -0.2) is 7.05 Å². The Morgan fingerprint density at radius 1 is 1.55 bits per heavy atom. The Morgan fingerprint density at radius 2 is 2.27 bits per heavy atom. The van der Waals surface area contributed by atoms with Gasteiger partial charge >= 0.3 is 0 Å². The van der Waals surface area contributed by atoms with E-state index < -0.39 is 5.82 Å². The third-order valence-corrected chi connectivity index (χ3v) is 1.38. The van der Waals surface area contributed by atoms with Crippen LogP contribution in [0.25, 0.3) is 0 Å². The van der Waals surface area contributed by atoms with Gasteiger partial charge in [-0.1, -0.05) is 6.07 Å². The van der Waals surface area contributed by atoms with E-state index in [1.165, 1.54) is 12.1 Å². The smallest absolute Gasteiger partial charge is 0.147 e. The molecule has 0 fully saturated rings. The highest BCUT2D eigenvalue weighted by Crippen LogP contribution is 2.17. The van der Waals surface area contributed by atoms with Crippen molar-refractivity contribution in [1.82, 2.24) is 0 Å². The van der Waals surface area contributed by atoms with Crippen molar-refractivity contribution in [1.29, 1.82) is 5.26 Å². The predicted molar refractivity (Wildman–Crippen MR) is 40.7 cm³/mol. The van der Waals surface area contributed by atoms with Crippen molar-refractivity contribution in [3.63, 3.8) is 0 Å². The molecule has 0 radical (unpaired) electrons. The third kappa shape index (κ3) is 1.30. The number of hydrogen-bond donors (Lipinski definition) is 1. The van der Waals surface area contributed by atoms with Gasteiger partial charge in [0.05, 0.1) is 11.3 Å². The Morgan fingerprint density at radius 3 is 2.73 bits per heavy atom. The van der Waals surface area contributed by atoms with E-state index in [1.54, 1.807) is 13.1 Å². The lowest BCUT2D eigenvalue weighted by Gasteiger charge is -2.02. The fourth-order valence-electron chi connectivity index (χ4n) is 0.871. The molecule has 0 amide bonds. The minimum absolute atomic E-state index is 0.259. The molecule has 11 heavy (non-hydrogen) atoms. The number of para-hydroxylation sites is 1. The van der Waals surface area contributed by atoms with Crippen molar-refractivity contribution in [2.24, 2.45) is 0 Å². The van der Waals surface area contributed by atoms with Gasteiger partial charge in [-0.15, -0.1) is 0 Å². The normalized spacial score (nSPS) is 8.82. The van der Waals surface area contributed by atoms with E-state index in [9.17, 15) is 4.39 Å². The summed E-state index contributed by atoms with van der Waals surface area (Å²) in [4.78, 5) is 0. The number of rotatable bonds is 1. The van der Waals surface area contributed by atoms with Crippen LogP contribution in [0.4, 0.5) is 10.1 Å². The summed E-state index contributed by atoms with van der Waals surface area (Å²) in [7, 11) is 1.58. The molecular weight excluding hydrogens is 143 g/mol. The van der Waals surface area contributed by atoms with E-state index in [0.717, 1.165) is 0 Å². The first-order valence-corrected chi connectivity index (χ1v) is 3.16. The number of nitrogens with one attached hydrogen (secondary N) is 1. The molecule has 1 rings (SSSR count). The number of anilines is 1. The molecule has 56 valence electrons. The number of benzene rings is 1. The summed E-state index contributed by atoms with van der Waals surface area (Å²) in [6.45, 7) is 0. The standard InChI is InChI=1S/C8H7FN2/c1-11-8-6(5-10)3-2-4-7(8)9/h2-4,11H,1H3. The van der Waals surface area contributed by atoms with E-state index in [4.69, 9.17) is 5.26 Å². The monoisotopic (exact) mass is 150 g/mol. The van der Waals surface area contributed by atoms with Crippen molar-refractivity contribution >= 4 is 5.69 Å². The Kier molecular flexibility index (Phi) is 2.07. The van der Waals surface area contributed by atoms with Crippen LogP contribution in [0.2, 0.25) is 0 Å². The summed E-state index contributed by atoms with van der Waals surface area (Å²) in [5.74, 6) is -0.397. The quantitative estimate of drug-likeness (QED) is 0.661. The molecular formula is C8H7FN2. The molecule has 1 aromatic rings. The Labute approximate surface area is 64.3 Å². The zero-order chi connectivity index (χ0) is 8.27. The molecule has 1 N–H and O–H groups in total. The van der Waals surface area contributed by atoms with E-state index in [2.05, 4.69) is 5.32 Å². The molecule has 0 spiro atoms. The summed E-state index contributed by atoms with van der Waals surface area (Å²) in [5.41, 5.74) is 0.586. The lowest BCUT2D eigenvalue weighted by molar-refractivity contribution is 0.631. The van der Waals surface area contributed by atoms with Crippen molar-refractivity contribution in [3.05, 3.63) is 29.6 Å². The zero-order valence-corrected chi connectivity index (χ0v) is 6.06. The molecule has 0 saturated heterocycles. The minimum Gasteiger partial charge on any atom is -0.385 e. The molecule has 0 saturated carbocycles. The van der Waals surface area contributed by atoms with Gasteiger partial charge in [-0.2, -0.15) is 5.26 Å². The van der Waals surface area contributed by atoms with Crippen molar-refractivity contribution < 1.29 is 4.39 Å². The van der Waals surface area contributed by atoms with Gasteiger partial charge in [0.2, 0.25) is 0 Å². The number of nitriles is 1. The Bertz CT molecular complexity index is 301. The number of halogens is 1. The molecule has 1 aromatic carbocycles. The van der Waals surface area contributed by atoms with E-state index in [0.29, 0.717) is 5.56 Å². The fourth-order valence-corrected chi connectivity index (χ4v) is 0.871. The van der Waals surface area contributed by atoms with Crippen LogP contribution < -0.4 is 5.32 Å². The van der Waals surface area contributed by atoms with Gasteiger partial charge in [-0.05, 0) is 12.1 Å². The van der Waals surface area contributed by atoms with Crippen molar-refractivity contribution in [3.8, 4) is 6.07 Å². The van der Waals surface area contributed by atoms with Crippen LogP contribution in [0.5, 0.6) is 0 Å². The van der Waals surface area contributed by atoms with Crippen LogP contribution in [0.1, 0.15) is 5.56 Å². The second kappa shape index (κ2) is 3.02. The molecule has 0 atom stereocenters. The number of hydrogen-bond acceptors (Lipinski definition) is 2. The Balaban J connectivity index is 3.27. The van der Waals surface area contributed by atoms with Gasteiger partial charge in [0.15, 0.2) is 0 Å². The largest absolute Gasteiger partial charge is 0.385 e. The van der Waals surface area contributed by atoms with E-state index >= 15 is 0 Å². The molecule has 0 bridgehead atoms. The van der Waals surface area contributed by atoms with Gasteiger partial charge < -0.3 is 5.32 Å². The van der Waals surface area contributed by atoms with Gasteiger partial charge in [-0.25, -0.2) is 4.39 Å².